The smallest absolute Gasteiger partial charge is 0.250 e. The van der Waals surface area contributed by atoms with E-state index in [1.807, 2.05) is 0 Å². The predicted octanol–water partition coefficient (Wildman–Crippen LogP) is 3.03. The largest absolute Gasteiger partial charge is 0.495 e. The van der Waals surface area contributed by atoms with E-state index in [0.29, 0.717) is 45.6 Å². The summed E-state index contributed by atoms with van der Waals surface area (Å²) in [5, 5.41) is 9.88. The van der Waals surface area contributed by atoms with Gasteiger partial charge in [0.25, 0.3) is 0 Å². The van der Waals surface area contributed by atoms with Gasteiger partial charge in [-0.3, -0.25) is 19.7 Å². The number of carbonyl (C=O) groups is 3. The molecule has 3 amide bonds. The Morgan fingerprint density at radius 1 is 1.22 bits per heavy atom. The Bertz CT molecular complexity index is 1110. The number of primary amides is 1. The Morgan fingerprint density at radius 3 is 2.66 bits per heavy atom. The first-order chi connectivity index (χ1) is 15.2. The normalized spacial score (nSPS) is 23.7. The molecule has 10 heteroatoms. The Morgan fingerprint density at radius 2 is 1.94 bits per heavy atom. The van der Waals surface area contributed by atoms with Crippen LogP contribution in [0, 0.1) is 5.92 Å². The molecule has 168 valence electrons. The number of nitrogens with two attached hydrogens (primary N) is 1. The molecule has 2 aromatic rings. The molecule has 0 unspecified atom stereocenters. The monoisotopic (exact) mass is 476 g/mol. The molecule has 0 radical (unpaired) electrons. The van der Waals surface area contributed by atoms with Crippen LogP contribution in [-0.2, 0) is 19.9 Å². The predicted molar refractivity (Wildman–Crippen MR) is 122 cm³/mol. The van der Waals surface area contributed by atoms with Crippen LogP contribution in [0.1, 0.15) is 24.8 Å². The van der Waals surface area contributed by atoms with Gasteiger partial charge in [0, 0.05) is 33.8 Å². The van der Waals surface area contributed by atoms with Crippen molar-refractivity contribution in [3.8, 4) is 5.75 Å². The maximum absolute atomic E-state index is 13.5. The Balaban J connectivity index is 1.72. The number of nitrogens with one attached hydrogen (secondary N) is 3. The van der Waals surface area contributed by atoms with Crippen molar-refractivity contribution in [3.63, 3.8) is 0 Å². The molecule has 2 aliphatic heterocycles. The first-order valence-corrected chi connectivity index (χ1v) is 10.8. The van der Waals surface area contributed by atoms with Gasteiger partial charge >= 0.3 is 0 Å². The fourth-order valence-electron chi connectivity index (χ4n) is 4.53. The molecule has 2 aromatic carbocycles. The number of halogens is 2. The van der Waals surface area contributed by atoms with Crippen LogP contribution in [0.2, 0.25) is 10.0 Å². The fraction of sp³-hybridized carbons (Fsp3) is 0.318. The molecule has 0 aromatic heterocycles. The van der Waals surface area contributed by atoms with Crippen LogP contribution >= 0.6 is 23.2 Å². The first-order valence-electron chi connectivity index (χ1n) is 10.1. The highest BCUT2D eigenvalue weighted by atomic mass is 35.5. The molecule has 3 atom stereocenters. The number of hydrogen-bond acceptors (Lipinski definition) is 5. The fourth-order valence-corrected chi connectivity index (χ4v) is 4.88. The topological polar surface area (TPSA) is 123 Å². The van der Waals surface area contributed by atoms with Crippen molar-refractivity contribution < 1.29 is 19.1 Å². The third-order valence-corrected chi connectivity index (χ3v) is 6.43. The van der Waals surface area contributed by atoms with E-state index in [4.69, 9.17) is 33.7 Å². The lowest BCUT2D eigenvalue weighted by atomic mass is 9.79. The second-order valence-electron chi connectivity index (χ2n) is 7.92. The summed E-state index contributed by atoms with van der Waals surface area (Å²) in [4.78, 5) is 38.1. The van der Waals surface area contributed by atoms with Crippen molar-refractivity contribution in [3.05, 3.63) is 52.0 Å². The van der Waals surface area contributed by atoms with Crippen LogP contribution in [-0.4, -0.2) is 30.9 Å². The van der Waals surface area contributed by atoms with Crippen molar-refractivity contribution in [1.29, 1.82) is 0 Å². The average molecular weight is 477 g/mol. The Labute approximate surface area is 194 Å². The van der Waals surface area contributed by atoms with Crippen LogP contribution in [0.25, 0.3) is 0 Å². The van der Waals surface area contributed by atoms with E-state index in [9.17, 15) is 14.4 Å². The maximum Gasteiger partial charge on any atom is 0.250 e. The third-order valence-electron chi connectivity index (χ3n) is 5.96. The molecule has 0 saturated carbocycles. The van der Waals surface area contributed by atoms with Gasteiger partial charge in [0.2, 0.25) is 17.7 Å². The second-order valence-corrected chi connectivity index (χ2v) is 8.79. The summed E-state index contributed by atoms with van der Waals surface area (Å²) in [7, 11) is 1.49. The molecule has 8 nitrogen and oxygen atoms in total. The lowest BCUT2D eigenvalue weighted by Crippen LogP contribution is -2.52. The molecule has 2 aliphatic rings. The number of ether oxygens (including phenoxy) is 1. The van der Waals surface area contributed by atoms with Gasteiger partial charge < -0.3 is 21.1 Å². The minimum atomic E-state index is -1.33. The molecule has 1 saturated heterocycles. The first kappa shape index (κ1) is 22.4. The van der Waals surface area contributed by atoms with Crippen molar-refractivity contribution >= 4 is 52.3 Å². The third kappa shape index (κ3) is 3.90. The number of rotatable bonds is 6. The molecule has 0 aliphatic carbocycles. The van der Waals surface area contributed by atoms with Crippen molar-refractivity contribution in [2.75, 3.05) is 17.7 Å². The van der Waals surface area contributed by atoms with Gasteiger partial charge in [-0.25, -0.2) is 0 Å². The van der Waals surface area contributed by atoms with Crippen molar-refractivity contribution in [2.45, 2.75) is 30.8 Å². The molecule has 1 spiro atoms. The zero-order valence-electron chi connectivity index (χ0n) is 17.2. The standard InChI is InChI=1S/C22H22Cl2N4O4/c1-32-18-6-3-12(24)9-17(18)26-20(30)15-10-13(4-7-19(25)29)28-22(15)14-8-11(23)2-5-16(14)27-21(22)31/h2-3,5-6,8-9,13,15,28H,4,7,10H2,1H3,(H2,25,29)(H,26,30)(H,27,31)/t13-,15+,22-/m0/s1. The van der Waals surface area contributed by atoms with Gasteiger partial charge in [0.05, 0.1) is 18.7 Å². The van der Waals surface area contributed by atoms with E-state index >= 15 is 0 Å². The van der Waals surface area contributed by atoms with E-state index in [2.05, 4.69) is 16.0 Å². The highest BCUT2D eigenvalue weighted by Gasteiger charge is 2.60. The molecule has 5 N–H and O–H groups in total. The quantitative estimate of drug-likeness (QED) is 0.510. The summed E-state index contributed by atoms with van der Waals surface area (Å²) in [6.45, 7) is 0. The number of amides is 3. The van der Waals surface area contributed by atoms with Gasteiger partial charge in [-0.1, -0.05) is 23.2 Å². The summed E-state index contributed by atoms with van der Waals surface area (Å²) in [5.74, 6) is -1.54. The number of carbonyl (C=O) groups excluding carboxylic acids is 3. The highest BCUT2D eigenvalue weighted by molar-refractivity contribution is 6.31. The minimum absolute atomic E-state index is 0.133. The maximum atomic E-state index is 13.5. The number of benzene rings is 2. The Hall–Kier alpha value is -2.81. The zero-order chi connectivity index (χ0) is 23.0. The van der Waals surface area contributed by atoms with Crippen LogP contribution in [0.3, 0.4) is 0 Å². The lowest BCUT2D eigenvalue weighted by Gasteiger charge is -2.29. The van der Waals surface area contributed by atoms with Crippen molar-refractivity contribution in [1.82, 2.24) is 5.32 Å². The number of hydrogen-bond donors (Lipinski definition) is 4. The van der Waals surface area contributed by atoms with Gasteiger partial charge in [-0.15, -0.1) is 0 Å². The van der Waals surface area contributed by atoms with E-state index in [-0.39, 0.29) is 24.3 Å². The number of methoxy groups -OCH3 is 1. The summed E-state index contributed by atoms with van der Waals surface area (Å²) >= 11 is 12.3. The molecule has 0 bridgehead atoms. The van der Waals surface area contributed by atoms with E-state index in [0.717, 1.165) is 0 Å². The lowest BCUT2D eigenvalue weighted by molar-refractivity contribution is -0.130. The second kappa shape index (κ2) is 8.61. The summed E-state index contributed by atoms with van der Waals surface area (Å²) in [6.07, 6.45) is 0.847. The summed E-state index contributed by atoms with van der Waals surface area (Å²) < 4.78 is 5.32. The van der Waals surface area contributed by atoms with Crippen LogP contribution < -0.4 is 26.4 Å². The van der Waals surface area contributed by atoms with E-state index in [1.165, 1.54) is 7.11 Å². The van der Waals surface area contributed by atoms with Gasteiger partial charge in [-0.05, 0) is 49.2 Å². The highest BCUT2D eigenvalue weighted by Crippen LogP contribution is 2.48. The number of fused-ring (bicyclic) bond motifs is 2. The van der Waals surface area contributed by atoms with Crippen LogP contribution in [0.5, 0.6) is 5.75 Å². The Kier molecular flexibility index (Phi) is 6.03. The van der Waals surface area contributed by atoms with Crippen molar-refractivity contribution in [2.24, 2.45) is 11.7 Å². The SMILES string of the molecule is COc1ccc(Cl)cc1NC(=O)[C@H]1C[C@H](CCC(N)=O)N[C@]12C(=O)Nc1ccc(Cl)cc12. The van der Waals surface area contributed by atoms with E-state index in [1.54, 1.807) is 36.4 Å². The summed E-state index contributed by atoms with van der Waals surface area (Å²) in [6, 6.07) is 9.65. The van der Waals surface area contributed by atoms with Crippen LogP contribution in [0.15, 0.2) is 36.4 Å². The zero-order valence-corrected chi connectivity index (χ0v) is 18.7. The minimum Gasteiger partial charge on any atom is -0.495 e. The molecule has 2 heterocycles. The number of anilines is 2. The van der Waals surface area contributed by atoms with Gasteiger partial charge in [0.1, 0.15) is 11.3 Å². The molecule has 32 heavy (non-hydrogen) atoms. The summed E-state index contributed by atoms with van der Waals surface area (Å²) in [5.41, 5.74) is 5.55. The van der Waals surface area contributed by atoms with Gasteiger partial charge in [0.15, 0.2) is 0 Å². The van der Waals surface area contributed by atoms with Crippen LogP contribution in [0.4, 0.5) is 11.4 Å². The van der Waals surface area contributed by atoms with E-state index < -0.39 is 17.4 Å². The molecular formula is C22H22Cl2N4O4. The molecule has 1 fully saturated rings. The molecule has 4 rings (SSSR count). The molecular weight excluding hydrogens is 455 g/mol. The average Bonchev–Trinajstić information content (AvgIpc) is 3.26. The van der Waals surface area contributed by atoms with Gasteiger partial charge in [-0.2, -0.15) is 0 Å².